The maximum atomic E-state index is 12.8. The van der Waals surface area contributed by atoms with Crippen LogP contribution in [0.15, 0.2) is 47.4 Å². The number of hydrogen-bond donors (Lipinski definition) is 2. The number of nitrogens with one attached hydrogen (secondary N) is 1. The Labute approximate surface area is 162 Å². The van der Waals surface area contributed by atoms with Crippen molar-refractivity contribution in [2.75, 3.05) is 18.4 Å². The lowest BCUT2D eigenvalue weighted by atomic mass is 10.1. The molecule has 2 aromatic rings. The van der Waals surface area contributed by atoms with Gasteiger partial charge < -0.3 is 11.1 Å². The van der Waals surface area contributed by atoms with Crippen molar-refractivity contribution < 1.29 is 18.1 Å². The topological polar surface area (TPSA) is 136 Å². The lowest BCUT2D eigenvalue weighted by Gasteiger charge is -2.26. The highest BCUT2D eigenvalue weighted by molar-refractivity contribution is 7.89. The van der Waals surface area contributed by atoms with E-state index in [2.05, 4.69) is 5.32 Å². The number of carbonyl (C=O) groups excluding carboxylic acids is 1. The molecule has 2 aromatic carbocycles. The van der Waals surface area contributed by atoms with Gasteiger partial charge in [0.1, 0.15) is 5.69 Å². The van der Waals surface area contributed by atoms with Gasteiger partial charge in [-0.25, -0.2) is 8.42 Å². The molecule has 0 spiro atoms. The van der Waals surface area contributed by atoms with Crippen LogP contribution in [-0.2, 0) is 10.0 Å². The second-order valence-corrected chi connectivity index (χ2v) is 8.41. The molecule has 3 rings (SSSR count). The molecule has 0 aromatic heterocycles. The van der Waals surface area contributed by atoms with Crippen LogP contribution in [0, 0.1) is 10.1 Å². The molecule has 1 aliphatic heterocycles. The summed E-state index contributed by atoms with van der Waals surface area (Å²) in [6, 6.07) is 9.94. The Morgan fingerprint density at radius 1 is 1.11 bits per heavy atom. The van der Waals surface area contributed by atoms with Crippen LogP contribution in [0.2, 0.25) is 0 Å². The van der Waals surface area contributed by atoms with E-state index in [1.807, 2.05) is 0 Å². The molecule has 0 atom stereocenters. The molecule has 0 bridgehead atoms. The number of nitrogens with zero attached hydrogens (tertiary/aromatic N) is 2. The van der Waals surface area contributed by atoms with Gasteiger partial charge in [-0.05, 0) is 43.2 Å². The van der Waals surface area contributed by atoms with E-state index in [0.29, 0.717) is 18.8 Å². The van der Waals surface area contributed by atoms with Crippen LogP contribution in [0.25, 0.3) is 0 Å². The summed E-state index contributed by atoms with van der Waals surface area (Å²) < 4.78 is 27.1. The zero-order valence-electron chi connectivity index (χ0n) is 15.0. The van der Waals surface area contributed by atoms with Gasteiger partial charge in [-0.3, -0.25) is 14.9 Å². The first kappa shape index (κ1) is 19.8. The van der Waals surface area contributed by atoms with E-state index in [4.69, 9.17) is 5.73 Å². The molecule has 1 saturated heterocycles. The maximum absolute atomic E-state index is 12.8. The molecule has 9 nitrogen and oxygen atoms in total. The van der Waals surface area contributed by atoms with E-state index < -0.39 is 20.9 Å². The Morgan fingerprint density at radius 2 is 1.82 bits per heavy atom. The summed E-state index contributed by atoms with van der Waals surface area (Å²) in [5.41, 5.74) is 5.36. The van der Waals surface area contributed by atoms with Gasteiger partial charge in [0.25, 0.3) is 5.69 Å². The number of nitro benzene ring substituents is 1. The summed E-state index contributed by atoms with van der Waals surface area (Å²) in [5.74, 6) is -0.774. The fourth-order valence-corrected chi connectivity index (χ4v) is 4.65. The number of sulfonamides is 1. The standard InChI is InChI=1S/C18H20N4O5S/c19-18(23)13-7-8-16(17(11-13)22(24)25)20-14-5-4-6-15(12-14)28(26,27)21-9-2-1-3-10-21/h4-8,11-12,20H,1-3,9-10H2,(H2,19,23). The lowest BCUT2D eigenvalue weighted by molar-refractivity contribution is -0.383. The van der Waals surface area contributed by atoms with E-state index in [9.17, 15) is 23.3 Å². The Balaban J connectivity index is 1.91. The van der Waals surface area contributed by atoms with E-state index in [0.717, 1.165) is 25.3 Å². The van der Waals surface area contributed by atoms with E-state index in [1.165, 1.54) is 28.6 Å². The summed E-state index contributed by atoms with van der Waals surface area (Å²) in [4.78, 5) is 22.1. The lowest BCUT2D eigenvalue weighted by Crippen LogP contribution is -2.35. The Bertz CT molecular complexity index is 1020. The molecular formula is C18H20N4O5S. The second-order valence-electron chi connectivity index (χ2n) is 6.47. The summed E-state index contributed by atoms with van der Waals surface area (Å²) in [5, 5.41) is 14.2. The van der Waals surface area contributed by atoms with Gasteiger partial charge in [-0.15, -0.1) is 0 Å². The highest BCUT2D eigenvalue weighted by atomic mass is 32.2. The predicted molar refractivity (Wildman–Crippen MR) is 104 cm³/mol. The first-order valence-electron chi connectivity index (χ1n) is 8.74. The van der Waals surface area contributed by atoms with Crippen molar-refractivity contribution in [1.82, 2.24) is 4.31 Å². The Kier molecular flexibility index (Phi) is 5.61. The molecule has 1 aliphatic rings. The molecule has 0 radical (unpaired) electrons. The van der Waals surface area contributed by atoms with Gasteiger partial charge in [0.2, 0.25) is 15.9 Å². The van der Waals surface area contributed by atoms with Gasteiger partial charge >= 0.3 is 0 Å². The van der Waals surface area contributed by atoms with Crippen LogP contribution < -0.4 is 11.1 Å². The van der Waals surface area contributed by atoms with E-state index >= 15 is 0 Å². The number of nitrogens with two attached hydrogens (primary N) is 1. The molecule has 1 amide bonds. The van der Waals surface area contributed by atoms with Crippen molar-refractivity contribution in [3.05, 3.63) is 58.1 Å². The van der Waals surface area contributed by atoms with Crippen LogP contribution in [-0.4, -0.2) is 36.6 Å². The normalized spacial score (nSPS) is 15.1. The predicted octanol–water partition coefficient (Wildman–Crippen LogP) is 2.61. The van der Waals surface area contributed by atoms with Crippen molar-refractivity contribution >= 4 is 33.0 Å². The van der Waals surface area contributed by atoms with Gasteiger partial charge in [0.05, 0.1) is 9.82 Å². The third-order valence-corrected chi connectivity index (χ3v) is 6.44. The molecule has 10 heteroatoms. The van der Waals surface area contributed by atoms with Gasteiger partial charge in [0.15, 0.2) is 0 Å². The molecule has 1 heterocycles. The quantitative estimate of drug-likeness (QED) is 0.561. The number of nitro groups is 1. The zero-order valence-corrected chi connectivity index (χ0v) is 15.8. The van der Waals surface area contributed by atoms with Crippen molar-refractivity contribution in [3.63, 3.8) is 0 Å². The average Bonchev–Trinajstić information content (AvgIpc) is 2.69. The van der Waals surface area contributed by atoms with Gasteiger partial charge in [-0.2, -0.15) is 4.31 Å². The largest absolute Gasteiger partial charge is 0.366 e. The highest BCUT2D eigenvalue weighted by Gasteiger charge is 2.26. The number of rotatable bonds is 6. The molecule has 148 valence electrons. The third kappa shape index (κ3) is 4.12. The fraction of sp³-hybridized carbons (Fsp3) is 0.278. The van der Waals surface area contributed by atoms with E-state index in [-0.39, 0.29) is 21.8 Å². The van der Waals surface area contributed by atoms with Gasteiger partial charge in [-0.1, -0.05) is 12.5 Å². The zero-order chi connectivity index (χ0) is 20.3. The minimum atomic E-state index is -3.62. The number of anilines is 2. The minimum Gasteiger partial charge on any atom is -0.366 e. The molecule has 0 aliphatic carbocycles. The molecule has 3 N–H and O–H groups in total. The minimum absolute atomic E-state index is 0.0127. The molecular weight excluding hydrogens is 384 g/mol. The van der Waals surface area contributed by atoms with Crippen LogP contribution in [0.4, 0.5) is 17.1 Å². The average molecular weight is 404 g/mol. The summed E-state index contributed by atoms with van der Waals surface area (Å²) in [7, 11) is -3.62. The number of carbonyl (C=O) groups is 1. The number of amides is 1. The van der Waals surface area contributed by atoms with E-state index in [1.54, 1.807) is 12.1 Å². The summed E-state index contributed by atoms with van der Waals surface area (Å²) in [6.45, 7) is 0.972. The second kappa shape index (κ2) is 7.95. The first-order valence-corrected chi connectivity index (χ1v) is 10.2. The smallest absolute Gasteiger partial charge is 0.293 e. The molecule has 0 unspecified atom stereocenters. The van der Waals surface area contributed by atoms with Crippen LogP contribution >= 0.6 is 0 Å². The van der Waals surface area contributed by atoms with Crippen LogP contribution in [0.5, 0.6) is 0 Å². The van der Waals surface area contributed by atoms with Crippen LogP contribution in [0.3, 0.4) is 0 Å². The SMILES string of the molecule is NC(=O)c1ccc(Nc2cccc(S(=O)(=O)N3CCCCC3)c2)c([N+](=O)[O-])c1. The Hall–Kier alpha value is -2.98. The molecule has 1 fully saturated rings. The summed E-state index contributed by atoms with van der Waals surface area (Å²) >= 11 is 0. The van der Waals surface area contributed by atoms with Crippen molar-refractivity contribution in [1.29, 1.82) is 0 Å². The van der Waals surface area contributed by atoms with Crippen molar-refractivity contribution in [2.24, 2.45) is 5.73 Å². The van der Waals surface area contributed by atoms with Crippen molar-refractivity contribution in [3.8, 4) is 0 Å². The number of hydrogen-bond acceptors (Lipinski definition) is 6. The Morgan fingerprint density at radius 3 is 2.46 bits per heavy atom. The number of benzene rings is 2. The monoisotopic (exact) mass is 404 g/mol. The summed E-state index contributed by atoms with van der Waals surface area (Å²) in [6.07, 6.45) is 2.67. The highest BCUT2D eigenvalue weighted by Crippen LogP contribution is 2.30. The fourth-order valence-electron chi connectivity index (χ4n) is 3.09. The number of primary amides is 1. The number of piperidine rings is 1. The van der Waals surface area contributed by atoms with Crippen LogP contribution in [0.1, 0.15) is 29.6 Å². The third-order valence-electron chi connectivity index (χ3n) is 4.54. The van der Waals surface area contributed by atoms with Gasteiger partial charge in [0, 0.05) is 30.4 Å². The maximum Gasteiger partial charge on any atom is 0.293 e. The first-order chi connectivity index (χ1) is 13.3. The molecule has 28 heavy (non-hydrogen) atoms. The molecule has 0 saturated carbocycles. The van der Waals surface area contributed by atoms with Crippen molar-refractivity contribution in [2.45, 2.75) is 24.2 Å².